The topological polar surface area (TPSA) is 49.8 Å². The van der Waals surface area contributed by atoms with Crippen LogP contribution >= 0.6 is 11.6 Å². The lowest BCUT2D eigenvalue weighted by molar-refractivity contribution is -0.0604. The number of hydrogen-bond donors (Lipinski definition) is 1. The molecule has 1 aliphatic rings. The summed E-state index contributed by atoms with van der Waals surface area (Å²) in [5.41, 5.74) is 2.08. The molecule has 1 aliphatic heterocycles. The summed E-state index contributed by atoms with van der Waals surface area (Å²) in [5, 5.41) is 3.90. The molecule has 0 spiro atoms. The van der Waals surface area contributed by atoms with E-state index in [9.17, 15) is 4.39 Å². The number of nitrogens with zero attached hydrogens (tertiary/aromatic N) is 3. The first-order valence-electron chi connectivity index (χ1n) is 9.02. The highest BCUT2D eigenvalue weighted by Crippen LogP contribution is 2.25. The van der Waals surface area contributed by atoms with Gasteiger partial charge in [0.15, 0.2) is 5.96 Å². The van der Waals surface area contributed by atoms with Crippen LogP contribution in [0.4, 0.5) is 4.39 Å². The summed E-state index contributed by atoms with van der Waals surface area (Å²) in [6.07, 6.45) is 2.54. The van der Waals surface area contributed by atoms with E-state index in [0.29, 0.717) is 11.7 Å². The number of pyridine rings is 1. The van der Waals surface area contributed by atoms with Gasteiger partial charge in [0.2, 0.25) is 0 Å². The minimum atomic E-state index is -0.242. The molecule has 2 atom stereocenters. The number of rotatable bonds is 4. The molecule has 2 unspecified atom stereocenters. The van der Waals surface area contributed by atoms with Crippen LogP contribution in [0.1, 0.15) is 24.2 Å². The summed E-state index contributed by atoms with van der Waals surface area (Å²) in [5.74, 6) is 0.591. The largest absolute Gasteiger partial charge is 0.367 e. The lowest BCUT2D eigenvalue weighted by Crippen LogP contribution is -2.51. The van der Waals surface area contributed by atoms with Crippen molar-refractivity contribution in [2.24, 2.45) is 4.99 Å². The molecule has 1 saturated heterocycles. The number of ether oxygens (including phenoxy) is 1. The number of benzene rings is 1. The second-order valence-electron chi connectivity index (χ2n) is 6.61. The smallest absolute Gasteiger partial charge is 0.193 e. The van der Waals surface area contributed by atoms with Crippen LogP contribution in [0.15, 0.2) is 47.6 Å². The molecule has 0 saturated carbocycles. The molecule has 144 valence electrons. The van der Waals surface area contributed by atoms with Gasteiger partial charge in [-0.3, -0.25) is 4.99 Å². The predicted molar refractivity (Wildman–Crippen MR) is 106 cm³/mol. The molecule has 27 heavy (non-hydrogen) atoms. The fourth-order valence-electron chi connectivity index (χ4n) is 3.19. The van der Waals surface area contributed by atoms with E-state index in [-0.39, 0.29) is 18.0 Å². The molecule has 2 heterocycles. The maximum absolute atomic E-state index is 13.2. The summed E-state index contributed by atoms with van der Waals surface area (Å²) in [4.78, 5) is 10.7. The van der Waals surface area contributed by atoms with Gasteiger partial charge in [0.25, 0.3) is 0 Å². The van der Waals surface area contributed by atoms with Crippen LogP contribution in [0.3, 0.4) is 0 Å². The van der Waals surface area contributed by atoms with E-state index >= 15 is 0 Å². The van der Waals surface area contributed by atoms with E-state index in [1.807, 2.05) is 13.0 Å². The maximum atomic E-state index is 13.2. The highest BCUT2D eigenvalue weighted by atomic mass is 35.5. The zero-order valence-corrected chi connectivity index (χ0v) is 16.3. The monoisotopic (exact) mass is 390 g/mol. The Morgan fingerprint density at radius 3 is 2.74 bits per heavy atom. The summed E-state index contributed by atoms with van der Waals surface area (Å²) < 4.78 is 19.3. The first-order valence-corrected chi connectivity index (χ1v) is 9.40. The molecule has 0 bridgehead atoms. The zero-order chi connectivity index (χ0) is 19.2. The minimum absolute atomic E-state index is 0.0489. The number of aliphatic imine (C=N–C) groups is 1. The van der Waals surface area contributed by atoms with E-state index in [1.165, 1.54) is 12.1 Å². The van der Waals surface area contributed by atoms with Gasteiger partial charge in [0, 0.05) is 26.3 Å². The number of aromatic nitrogens is 1. The third kappa shape index (κ3) is 5.40. The van der Waals surface area contributed by atoms with Gasteiger partial charge in [-0.1, -0.05) is 29.8 Å². The van der Waals surface area contributed by atoms with Crippen LogP contribution in [-0.2, 0) is 11.2 Å². The van der Waals surface area contributed by atoms with Crippen molar-refractivity contribution >= 4 is 17.6 Å². The third-order valence-electron chi connectivity index (χ3n) is 4.50. The summed E-state index contributed by atoms with van der Waals surface area (Å²) >= 11 is 5.82. The van der Waals surface area contributed by atoms with Crippen LogP contribution in [0, 0.1) is 5.82 Å². The molecule has 0 radical (unpaired) electrons. The van der Waals surface area contributed by atoms with Crippen molar-refractivity contribution in [2.45, 2.75) is 25.6 Å². The van der Waals surface area contributed by atoms with Crippen molar-refractivity contribution < 1.29 is 9.13 Å². The van der Waals surface area contributed by atoms with Crippen LogP contribution in [-0.4, -0.2) is 48.6 Å². The highest BCUT2D eigenvalue weighted by molar-refractivity contribution is 6.29. The molecule has 1 N–H and O–H groups in total. The van der Waals surface area contributed by atoms with Crippen LogP contribution in [0.5, 0.6) is 0 Å². The molecule has 2 aromatic rings. The second-order valence-corrected chi connectivity index (χ2v) is 6.99. The lowest BCUT2D eigenvalue weighted by Gasteiger charge is -2.38. The summed E-state index contributed by atoms with van der Waals surface area (Å²) in [6, 6.07) is 10.3. The molecule has 1 fully saturated rings. The standard InChI is InChI=1S/C20H24ClFN4O/c1-14-12-26(13-18(27-14)16-4-6-17(22)7-5-16)20(23-2)24-10-9-15-3-8-19(21)25-11-15/h3-8,11,14,18H,9-10,12-13H2,1-2H3,(H,23,24). The molecule has 5 nitrogen and oxygen atoms in total. The number of guanidine groups is 1. The molecule has 1 aromatic carbocycles. The van der Waals surface area contributed by atoms with Crippen molar-refractivity contribution in [1.82, 2.24) is 15.2 Å². The van der Waals surface area contributed by atoms with E-state index in [0.717, 1.165) is 36.6 Å². The Labute approximate surface area is 164 Å². The Morgan fingerprint density at radius 2 is 2.07 bits per heavy atom. The van der Waals surface area contributed by atoms with E-state index in [1.54, 1.807) is 31.4 Å². The first-order chi connectivity index (χ1) is 13.0. The van der Waals surface area contributed by atoms with Gasteiger partial charge in [-0.15, -0.1) is 0 Å². The van der Waals surface area contributed by atoms with Crippen molar-refractivity contribution in [2.75, 3.05) is 26.7 Å². The Balaban J connectivity index is 1.60. The molecule has 0 aliphatic carbocycles. The first kappa shape index (κ1) is 19.6. The van der Waals surface area contributed by atoms with Gasteiger partial charge < -0.3 is 15.0 Å². The van der Waals surface area contributed by atoms with Crippen molar-refractivity contribution in [3.8, 4) is 0 Å². The quantitative estimate of drug-likeness (QED) is 0.493. The molecule has 3 rings (SSSR count). The minimum Gasteiger partial charge on any atom is -0.367 e. The van der Waals surface area contributed by atoms with E-state index < -0.39 is 0 Å². The van der Waals surface area contributed by atoms with E-state index in [4.69, 9.17) is 16.3 Å². The zero-order valence-electron chi connectivity index (χ0n) is 15.5. The van der Waals surface area contributed by atoms with Gasteiger partial charge in [-0.25, -0.2) is 9.37 Å². The summed E-state index contributed by atoms with van der Waals surface area (Å²) in [6.45, 7) is 4.19. The Morgan fingerprint density at radius 1 is 1.30 bits per heavy atom. The predicted octanol–water partition coefficient (Wildman–Crippen LogP) is 3.45. The van der Waals surface area contributed by atoms with Crippen LogP contribution in [0.25, 0.3) is 0 Å². The molecule has 7 heteroatoms. The van der Waals surface area contributed by atoms with Crippen molar-refractivity contribution in [3.05, 3.63) is 64.7 Å². The second kappa shape index (κ2) is 9.15. The normalized spacial score (nSPS) is 20.6. The van der Waals surface area contributed by atoms with Gasteiger partial charge in [0.05, 0.1) is 12.6 Å². The number of hydrogen-bond acceptors (Lipinski definition) is 3. The van der Waals surface area contributed by atoms with Gasteiger partial charge >= 0.3 is 0 Å². The van der Waals surface area contributed by atoms with Gasteiger partial charge in [-0.2, -0.15) is 0 Å². The Hall–Kier alpha value is -2.18. The molecule has 0 amide bonds. The number of halogens is 2. The van der Waals surface area contributed by atoms with Crippen LogP contribution < -0.4 is 5.32 Å². The van der Waals surface area contributed by atoms with Gasteiger partial charge in [-0.05, 0) is 42.7 Å². The average Bonchev–Trinajstić information content (AvgIpc) is 2.67. The van der Waals surface area contributed by atoms with Gasteiger partial charge in [0.1, 0.15) is 17.1 Å². The third-order valence-corrected chi connectivity index (χ3v) is 4.72. The fourth-order valence-corrected chi connectivity index (χ4v) is 3.30. The fraction of sp³-hybridized carbons (Fsp3) is 0.400. The lowest BCUT2D eigenvalue weighted by atomic mass is 10.1. The number of morpholine rings is 1. The SMILES string of the molecule is CN=C(NCCc1ccc(Cl)nc1)N1CC(C)OC(c2ccc(F)cc2)C1. The Bertz CT molecular complexity index is 767. The van der Waals surface area contributed by atoms with Crippen molar-refractivity contribution in [1.29, 1.82) is 0 Å². The molecular weight excluding hydrogens is 367 g/mol. The average molecular weight is 391 g/mol. The maximum Gasteiger partial charge on any atom is 0.193 e. The summed E-state index contributed by atoms with van der Waals surface area (Å²) in [7, 11) is 1.78. The highest BCUT2D eigenvalue weighted by Gasteiger charge is 2.28. The van der Waals surface area contributed by atoms with Crippen LogP contribution in [0.2, 0.25) is 5.15 Å². The van der Waals surface area contributed by atoms with Crippen molar-refractivity contribution in [3.63, 3.8) is 0 Å². The Kier molecular flexibility index (Phi) is 6.63. The molecular formula is C20H24ClFN4O. The number of nitrogens with one attached hydrogen (secondary N) is 1. The molecule has 1 aromatic heterocycles. The van der Waals surface area contributed by atoms with E-state index in [2.05, 4.69) is 20.2 Å².